The molecule has 178 valence electrons. The number of likely N-dealkylation sites (N-methyl/N-ethyl adjacent to an activating group) is 1. The van der Waals surface area contributed by atoms with Crippen LogP contribution in [0.5, 0.6) is 0 Å². The maximum atomic E-state index is 13.0. The van der Waals surface area contributed by atoms with E-state index >= 15 is 0 Å². The monoisotopic (exact) mass is 524 g/mol. The van der Waals surface area contributed by atoms with Gasteiger partial charge in [-0.25, -0.2) is 4.68 Å². The molecule has 0 saturated heterocycles. The SMILES string of the molecule is Cc1c(Cl)cc(C2CC2N(C)c2cccc(C(=O)Nc3cccc(-n4[nH]nnc4=S)c3)c2)cc1Cl. The Bertz CT molecular complexity index is 1460. The normalized spacial score (nSPS) is 16.7. The number of nitrogens with one attached hydrogen (secondary N) is 2. The molecule has 10 heteroatoms. The number of benzene rings is 3. The molecule has 0 bridgehead atoms. The summed E-state index contributed by atoms with van der Waals surface area (Å²) in [7, 11) is 2.05. The van der Waals surface area contributed by atoms with Crippen molar-refractivity contribution in [3.63, 3.8) is 0 Å². The zero-order valence-corrected chi connectivity index (χ0v) is 21.3. The highest BCUT2D eigenvalue weighted by Gasteiger charge is 2.42. The summed E-state index contributed by atoms with van der Waals surface area (Å²) < 4.78 is 1.86. The Kier molecular flexibility index (Phi) is 6.35. The topological polar surface area (TPSA) is 78.8 Å². The minimum atomic E-state index is -0.201. The zero-order valence-electron chi connectivity index (χ0n) is 19.0. The van der Waals surface area contributed by atoms with Crippen LogP contribution in [-0.2, 0) is 0 Å². The van der Waals surface area contributed by atoms with Gasteiger partial charge in [0, 0.05) is 46.0 Å². The van der Waals surface area contributed by atoms with Crippen LogP contribution in [0.25, 0.3) is 5.69 Å². The van der Waals surface area contributed by atoms with E-state index in [4.69, 9.17) is 35.4 Å². The molecule has 0 spiro atoms. The second-order valence-corrected chi connectivity index (χ2v) is 9.78. The summed E-state index contributed by atoms with van der Waals surface area (Å²) in [5.74, 6) is 0.146. The lowest BCUT2D eigenvalue weighted by molar-refractivity contribution is 0.102. The van der Waals surface area contributed by atoms with Gasteiger partial charge < -0.3 is 10.2 Å². The van der Waals surface area contributed by atoms with Gasteiger partial charge in [0.25, 0.3) is 5.91 Å². The molecular formula is C25H22Cl2N6OS. The van der Waals surface area contributed by atoms with Crippen LogP contribution in [-0.4, -0.2) is 39.2 Å². The molecule has 1 amide bonds. The van der Waals surface area contributed by atoms with Crippen molar-refractivity contribution in [2.75, 3.05) is 17.3 Å². The third-order valence-electron chi connectivity index (χ3n) is 6.34. The van der Waals surface area contributed by atoms with Crippen LogP contribution in [0.4, 0.5) is 11.4 Å². The number of halogens is 2. The van der Waals surface area contributed by atoms with Crippen molar-refractivity contribution in [3.05, 3.63) is 92.2 Å². The molecule has 1 aliphatic rings. The molecule has 1 fully saturated rings. The van der Waals surface area contributed by atoms with Crippen LogP contribution >= 0.6 is 35.4 Å². The average Bonchev–Trinajstić information content (AvgIpc) is 3.54. The average molecular weight is 525 g/mol. The van der Waals surface area contributed by atoms with Gasteiger partial charge in [0.15, 0.2) is 0 Å². The van der Waals surface area contributed by atoms with E-state index in [9.17, 15) is 4.79 Å². The van der Waals surface area contributed by atoms with E-state index in [0.29, 0.717) is 38.0 Å². The van der Waals surface area contributed by atoms with Gasteiger partial charge in [0.2, 0.25) is 4.77 Å². The van der Waals surface area contributed by atoms with Gasteiger partial charge in [-0.15, -0.1) is 0 Å². The van der Waals surface area contributed by atoms with Crippen molar-refractivity contribution in [2.45, 2.75) is 25.3 Å². The van der Waals surface area contributed by atoms with Gasteiger partial charge in [-0.3, -0.25) is 4.79 Å². The Morgan fingerprint density at radius 3 is 2.60 bits per heavy atom. The number of H-pyrrole nitrogens is 1. The fourth-order valence-electron chi connectivity index (χ4n) is 4.20. The summed E-state index contributed by atoms with van der Waals surface area (Å²) in [5, 5.41) is 14.5. The molecule has 2 atom stereocenters. The van der Waals surface area contributed by atoms with E-state index in [1.807, 2.05) is 62.5 Å². The van der Waals surface area contributed by atoms with Gasteiger partial charge >= 0.3 is 0 Å². The summed E-state index contributed by atoms with van der Waals surface area (Å²) in [6, 6.07) is 19.2. The summed E-state index contributed by atoms with van der Waals surface area (Å²) in [5.41, 5.74) is 4.94. The van der Waals surface area contributed by atoms with Crippen molar-refractivity contribution >= 4 is 52.7 Å². The van der Waals surface area contributed by atoms with E-state index in [-0.39, 0.29) is 5.91 Å². The third kappa shape index (κ3) is 4.82. The van der Waals surface area contributed by atoms with Gasteiger partial charge in [0.1, 0.15) is 0 Å². The van der Waals surface area contributed by atoms with Crippen LogP contribution in [0.3, 0.4) is 0 Å². The lowest BCUT2D eigenvalue weighted by Gasteiger charge is -2.21. The Morgan fingerprint density at radius 1 is 1.14 bits per heavy atom. The van der Waals surface area contributed by atoms with E-state index in [1.165, 1.54) is 0 Å². The Morgan fingerprint density at radius 2 is 1.89 bits per heavy atom. The first-order valence-electron chi connectivity index (χ1n) is 11.0. The van der Waals surface area contributed by atoms with Crippen molar-refractivity contribution < 1.29 is 4.79 Å². The van der Waals surface area contributed by atoms with Crippen LogP contribution in [0.15, 0.2) is 60.7 Å². The Hall–Kier alpha value is -3.20. The minimum Gasteiger partial charge on any atom is -0.371 e. The fraction of sp³-hybridized carbons (Fsp3) is 0.200. The zero-order chi connectivity index (χ0) is 24.7. The highest BCUT2D eigenvalue weighted by molar-refractivity contribution is 7.71. The van der Waals surface area contributed by atoms with Crippen LogP contribution in [0, 0.1) is 11.7 Å². The Balaban J connectivity index is 1.30. The van der Waals surface area contributed by atoms with Crippen molar-refractivity contribution in [1.29, 1.82) is 0 Å². The smallest absolute Gasteiger partial charge is 0.255 e. The molecule has 35 heavy (non-hydrogen) atoms. The number of carbonyl (C=O) groups is 1. The maximum absolute atomic E-state index is 13.0. The Labute approximate surface area is 217 Å². The largest absolute Gasteiger partial charge is 0.371 e. The molecule has 3 aromatic carbocycles. The number of rotatable bonds is 6. The molecule has 2 unspecified atom stereocenters. The first kappa shape index (κ1) is 23.5. The summed E-state index contributed by atoms with van der Waals surface area (Å²) in [4.78, 5) is 15.2. The number of aromatic amines is 1. The number of hydrogen-bond acceptors (Lipinski definition) is 5. The van der Waals surface area contributed by atoms with Gasteiger partial charge in [-0.2, -0.15) is 5.21 Å². The number of carbonyl (C=O) groups excluding carboxylic acids is 1. The molecule has 5 rings (SSSR count). The van der Waals surface area contributed by atoms with Crippen LogP contribution in [0.1, 0.15) is 33.8 Å². The van der Waals surface area contributed by atoms with Gasteiger partial charge in [-0.1, -0.05) is 45.6 Å². The molecule has 4 aromatic rings. The van der Waals surface area contributed by atoms with Gasteiger partial charge in [0.05, 0.1) is 5.69 Å². The summed E-state index contributed by atoms with van der Waals surface area (Å²) >= 11 is 17.8. The van der Waals surface area contributed by atoms with Crippen LogP contribution in [0.2, 0.25) is 10.0 Å². The van der Waals surface area contributed by atoms with Gasteiger partial charge in [-0.05, 0) is 85.2 Å². The predicted octanol–water partition coefficient (Wildman–Crippen LogP) is 6.18. The molecule has 2 N–H and O–H groups in total. The van der Waals surface area contributed by atoms with E-state index < -0.39 is 0 Å². The molecule has 1 heterocycles. The lowest BCUT2D eigenvalue weighted by atomic mass is 10.1. The molecular weight excluding hydrogens is 503 g/mol. The number of tetrazole rings is 1. The molecule has 1 aliphatic carbocycles. The molecule has 0 radical (unpaired) electrons. The molecule has 0 aliphatic heterocycles. The number of amides is 1. The predicted molar refractivity (Wildman–Crippen MR) is 142 cm³/mol. The fourth-order valence-corrected chi connectivity index (χ4v) is 4.89. The van der Waals surface area contributed by atoms with E-state index in [2.05, 4.69) is 25.7 Å². The van der Waals surface area contributed by atoms with Crippen molar-refractivity contribution in [3.8, 4) is 5.69 Å². The highest BCUT2D eigenvalue weighted by atomic mass is 35.5. The number of nitrogens with zero attached hydrogens (tertiary/aromatic N) is 4. The second-order valence-electron chi connectivity index (χ2n) is 8.60. The summed E-state index contributed by atoms with van der Waals surface area (Å²) in [6.45, 7) is 1.92. The molecule has 1 aromatic heterocycles. The standard InChI is InChI=1S/C25H22Cl2N6OS/c1-14-21(26)10-16(11-22(14)27)20-13-23(20)32(2)18-7-3-5-15(9-18)24(34)28-17-6-4-8-19(12-17)33-25(35)29-30-31-33/h3-12,20,23H,13H2,1-2H3,(H,28,34)(H,29,31,35). The minimum absolute atomic E-state index is 0.201. The van der Waals surface area contributed by atoms with Crippen LogP contribution < -0.4 is 10.2 Å². The van der Waals surface area contributed by atoms with E-state index in [1.54, 1.807) is 16.8 Å². The second kappa shape index (κ2) is 9.45. The lowest BCUT2D eigenvalue weighted by Crippen LogP contribution is -2.22. The highest BCUT2D eigenvalue weighted by Crippen LogP contribution is 2.47. The first-order valence-corrected chi connectivity index (χ1v) is 12.2. The van der Waals surface area contributed by atoms with Crippen molar-refractivity contribution in [1.82, 2.24) is 20.2 Å². The van der Waals surface area contributed by atoms with E-state index in [0.717, 1.165) is 28.9 Å². The number of aromatic nitrogens is 4. The molecule has 7 nitrogen and oxygen atoms in total. The quantitative estimate of drug-likeness (QED) is 0.294. The first-order chi connectivity index (χ1) is 16.8. The number of anilines is 2. The molecule has 1 saturated carbocycles. The number of hydrogen-bond donors (Lipinski definition) is 2. The maximum Gasteiger partial charge on any atom is 0.255 e. The third-order valence-corrected chi connectivity index (χ3v) is 7.38. The summed E-state index contributed by atoms with van der Waals surface area (Å²) in [6.07, 6.45) is 1.00. The van der Waals surface area contributed by atoms with Crippen molar-refractivity contribution in [2.24, 2.45) is 0 Å².